The molecule has 0 bridgehead atoms. The van der Waals surface area contributed by atoms with Crippen LogP contribution >= 0.6 is 0 Å². The number of carboxylic acids is 1. The smallest absolute Gasteiger partial charge is 0.416 e. The molecule has 2 N–H and O–H groups in total. The van der Waals surface area contributed by atoms with Gasteiger partial charge in [0, 0.05) is 24.4 Å². The first-order chi connectivity index (χ1) is 21.6. The Morgan fingerprint density at radius 3 is 2.37 bits per heavy atom. The molecular weight excluding hydrogens is 603 g/mol. The minimum absolute atomic E-state index is 0.0117. The number of halogens is 3. The molecule has 0 aliphatic heterocycles. The summed E-state index contributed by atoms with van der Waals surface area (Å²) in [5.41, 5.74) is 1.28. The second kappa shape index (κ2) is 13.8. The number of rotatable bonds is 12. The number of hydrogen-bond donors (Lipinski definition) is 2. The van der Waals surface area contributed by atoms with E-state index in [-0.39, 0.29) is 42.3 Å². The maximum absolute atomic E-state index is 14.0. The number of nitrogens with one attached hydrogen (secondary N) is 1. The van der Waals surface area contributed by atoms with Crippen molar-refractivity contribution < 1.29 is 27.9 Å². The number of carboxylic acid groups (broad SMARTS) is 1. The first-order valence-corrected chi connectivity index (χ1v) is 14.8. The number of nitrogens with zero attached hydrogens (tertiary/aromatic N) is 6. The average Bonchev–Trinajstić information content (AvgIpc) is 3.42. The van der Waals surface area contributed by atoms with Gasteiger partial charge in [-0.2, -0.15) is 27.8 Å². The third-order valence-electron chi connectivity index (χ3n) is 7.70. The van der Waals surface area contributed by atoms with Crippen LogP contribution in [0.25, 0.3) is 17.0 Å². The zero-order valence-corrected chi connectivity index (χ0v) is 26.6. The zero-order chi connectivity index (χ0) is 33.9. The van der Waals surface area contributed by atoms with Crippen LogP contribution < -0.4 is 10.9 Å². The molecule has 0 aliphatic rings. The van der Waals surface area contributed by atoms with Crippen LogP contribution in [0.1, 0.15) is 66.7 Å². The Morgan fingerprint density at radius 2 is 1.78 bits per heavy atom. The lowest BCUT2D eigenvalue weighted by Gasteiger charge is -2.26. The Balaban J connectivity index is 1.82. The van der Waals surface area contributed by atoms with Gasteiger partial charge in [0.25, 0.3) is 11.3 Å². The predicted octanol–water partition coefficient (Wildman–Crippen LogP) is 4.61. The number of carbonyl (C=O) groups is 2. The van der Waals surface area contributed by atoms with Crippen LogP contribution in [0.2, 0.25) is 0 Å². The highest BCUT2D eigenvalue weighted by atomic mass is 19.4. The SMILES string of the molecule is Cc1cccc(C)c1-c1cc([C@H](CC(=O)O)NC(=O)[C@H](CC(C)C)n2cc(CCN(C)C)c(C(F)(F)F)cc2=O)n2ncnc2n1. The summed E-state index contributed by atoms with van der Waals surface area (Å²) in [7, 11) is 3.44. The lowest BCUT2D eigenvalue weighted by Crippen LogP contribution is -2.41. The molecule has 246 valence electrons. The van der Waals surface area contributed by atoms with Crippen LogP contribution in [0.3, 0.4) is 0 Å². The fourth-order valence-corrected chi connectivity index (χ4v) is 5.54. The van der Waals surface area contributed by atoms with Crippen LogP contribution in [-0.4, -0.2) is 66.7 Å². The van der Waals surface area contributed by atoms with E-state index < -0.39 is 47.7 Å². The van der Waals surface area contributed by atoms with Crippen molar-refractivity contribution in [2.75, 3.05) is 20.6 Å². The summed E-state index contributed by atoms with van der Waals surface area (Å²) in [4.78, 5) is 49.9. The molecule has 0 aliphatic carbocycles. The normalized spacial score (nSPS) is 13.4. The number of aromatic nitrogens is 5. The number of benzene rings is 1. The third kappa shape index (κ3) is 7.79. The summed E-state index contributed by atoms with van der Waals surface area (Å²) in [6.07, 6.45) is -2.86. The molecule has 3 aromatic heterocycles. The lowest BCUT2D eigenvalue weighted by molar-refractivity contribution is -0.139. The highest BCUT2D eigenvalue weighted by molar-refractivity contribution is 5.82. The molecule has 4 rings (SSSR count). The molecule has 11 nitrogen and oxygen atoms in total. The monoisotopic (exact) mass is 641 g/mol. The first-order valence-electron chi connectivity index (χ1n) is 14.8. The summed E-state index contributed by atoms with van der Waals surface area (Å²) in [5, 5.41) is 16.9. The Labute approximate surface area is 264 Å². The maximum atomic E-state index is 14.0. The minimum Gasteiger partial charge on any atom is -0.481 e. The van der Waals surface area contributed by atoms with Crippen molar-refractivity contribution in [2.45, 2.75) is 65.2 Å². The van der Waals surface area contributed by atoms with E-state index in [9.17, 15) is 32.7 Å². The number of aliphatic carboxylic acids is 1. The van der Waals surface area contributed by atoms with Crippen LogP contribution in [0.5, 0.6) is 0 Å². The molecule has 0 radical (unpaired) electrons. The van der Waals surface area contributed by atoms with Gasteiger partial charge in [-0.3, -0.25) is 14.4 Å². The van der Waals surface area contributed by atoms with Gasteiger partial charge in [0.15, 0.2) is 0 Å². The Hall–Kier alpha value is -4.59. The van der Waals surface area contributed by atoms with Crippen molar-refractivity contribution in [2.24, 2.45) is 5.92 Å². The third-order valence-corrected chi connectivity index (χ3v) is 7.70. The van der Waals surface area contributed by atoms with Crippen molar-refractivity contribution in [1.82, 2.24) is 34.4 Å². The Kier molecular flexibility index (Phi) is 10.3. The maximum Gasteiger partial charge on any atom is 0.416 e. The number of aryl methyl sites for hydroxylation is 2. The molecule has 0 spiro atoms. The molecule has 0 saturated carbocycles. The van der Waals surface area contributed by atoms with E-state index in [1.165, 1.54) is 10.8 Å². The van der Waals surface area contributed by atoms with Gasteiger partial charge in [-0.25, -0.2) is 4.98 Å². The van der Waals surface area contributed by atoms with Crippen LogP contribution in [0, 0.1) is 19.8 Å². The number of likely N-dealkylation sites (N-methyl/N-ethyl adjacent to an activating group) is 1. The lowest BCUT2D eigenvalue weighted by atomic mass is 9.97. The highest BCUT2D eigenvalue weighted by Crippen LogP contribution is 2.33. The molecular formula is C32H38F3N7O4. The van der Waals surface area contributed by atoms with Gasteiger partial charge >= 0.3 is 12.1 Å². The van der Waals surface area contributed by atoms with Crippen molar-refractivity contribution in [3.8, 4) is 11.3 Å². The van der Waals surface area contributed by atoms with Crippen LogP contribution in [-0.2, 0) is 22.2 Å². The number of fused-ring (bicyclic) bond motifs is 1. The largest absolute Gasteiger partial charge is 0.481 e. The summed E-state index contributed by atoms with van der Waals surface area (Å²) >= 11 is 0. The summed E-state index contributed by atoms with van der Waals surface area (Å²) in [6, 6.07) is 5.52. The van der Waals surface area contributed by atoms with E-state index in [1.54, 1.807) is 25.1 Å². The molecule has 14 heteroatoms. The molecule has 3 heterocycles. The Morgan fingerprint density at radius 1 is 1.11 bits per heavy atom. The topological polar surface area (TPSA) is 135 Å². The van der Waals surface area contributed by atoms with Gasteiger partial charge in [-0.1, -0.05) is 32.0 Å². The van der Waals surface area contributed by atoms with Crippen LogP contribution in [0.4, 0.5) is 13.2 Å². The molecule has 2 atom stereocenters. The number of hydrogen-bond acceptors (Lipinski definition) is 7. The second-order valence-electron chi connectivity index (χ2n) is 12.1. The minimum atomic E-state index is -4.76. The van der Waals surface area contributed by atoms with Gasteiger partial charge in [0.2, 0.25) is 5.91 Å². The van der Waals surface area contributed by atoms with Crippen molar-refractivity contribution in [3.05, 3.63) is 81.2 Å². The van der Waals surface area contributed by atoms with E-state index in [0.717, 1.165) is 27.5 Å². The van der Waals surface area contributed by atoms with Gasteiger partial charge < -0.3 is 19.9 Å². The van der Waals surface area contributed by atoms with E-state index in [4.69, 9.17) is 0 Å². The van der Waals surface area contributed by atoms with Crippen LogP contribution in [0.15, 0.2) is 47.7 Å². The van der Waals surface area contributed by atoms with Gasteiger partial charge in [-0.05, 0) is 69.5 Å². The molecule has 1 amide bonds. The molecule has 0 saturated heterocycles. The Bertz CT molecular complexity index is 1780. The predicted molar refractivity (Wildman–Crippen MR) is 165 cm³/mol. The molecule has 4 aromatic rings. The first kappa shape index (κ1) is 34.3. The summed E-state index contributed by atoms with van der Waals surface area (Å²) in [5.74, 6) is -1.91. The quantitative estimate of drug-likeness (QED) is 0.229. The van der Waals surface area contributed by atoms with Crippen molar-refractivity contribution in [3.63, 3.8) is 0 Å². The number of alkyl halides is 3. The number of carbonyl (C=O) groups excluding carboxylic acids is 1. The van der Waals surface area contributed by atoms with Gasteiger partial charge in [0.05, 0.1) is 29.4 Å². The average molecular weight is 642 g/mol. The standard InChI is InChI=1S/C32H38F3N7O4/c1-18(2)12-26(41-16-21(10-11-40(5)6)22(13-27(41)43)32(33,34)35)30(46)38-23(15-28(44)45)25-14-24(39-31-36-17-37-42(25)31)29-19(3)8-7-9-20(29)4/h7-9,13-14,16-18,23,26H,10-12,15H2,1-6H3,(H,38,46)(H,44,45)/t23-,26-/m0/s1. The van der Waals surface area contributed by atoms with E-state index in [1.807, 2.05) is 45.9 Å². The van der Waals surface area contributed by atoms with Crippen molar-refractivity contribution in [1.29, 1.82) is 0 Å². The van der Waals surface area contributed by atoms with E-state index in [2.05, 4.69) is 20.4 Å². The molecule has 1 aromatic carbocycles. The highest BCUT2D eigenvalue weighted by Gasteiger charge is 2.36. The number of amides is 1. The van der Waals surface area contributed by atoms with E-state index in [0.29, 0.717) is 11.8 Å². The molecule has 0 fully saturated rings. The summed E-state index contributed by atoms with van der Waals surface area (Å²) in [6.45, 7) is 7.74. The van der Waals surface area contributed by atoms with Crippen molar-refractivity contribution >= 4 is 17.7 Å². The van der Waals surface area contributed by atoms with E-state index >= 15 is 0 Å². The fraction of sp³-hybridized carbons (Fsp3) is 0.438. The molecule has 46 heavy (non-hydrogen) atoms. The van der Waals surface area contributed by atoms with Gasteiger partial charge in [0.1, 0.15) is 12.4 Å². The summed E-state index contributed by atoms with van der Waals surface area (Å²) < 4.78 is 44.1. The zero-order valence-electron chi connectivity index (χ0n) is 26.6. The van der Waals surface area contributed by atoms with Gasteiger partial charge in [-0.15, -0.1) is 0 Å². The molecule has 0 unspecified atom stereocenters. The number of pyridine rings is 1. The fourth-order valence-electron chi connectivity index (χ4n) is 5.54. The second-order valence-corrected chi connectivity index (χ2v) is 12.1.